The van der Waals surface area contributed by atoms with Gasteiger partial charge in [-0.3, -0.25) is 4.90 Å². The average molecular weight is 280 g/mol. The fourth-order valence-electron chi connectivity index (χ4n) is 3.16. The van der Waals surface area contributed by atoms with Crippen LogP contribution in [0.25, 0.3) is 0 Å². The molecule has 1 fully saturated rings. The highest BCUT2D eigenvalue weighted by Crippen LogP contribution is 2.33. The highest BCUT2D eigenvalue weighted by atomic mass is 32.1. The molecule has 1 aliphatic rings. The highest BCUT2D eigenvalue weighted by molar-refractivity contribution is 7.10. The number of nitrogens with zero attached hydrogens (tertiary/aromatic N) is 1. The van der Waals surface area contributed by atoms with E-state index in [9.17, 15) is 0 Å². The van der Waals surface area contributed by atoms with Crippen molar-refractivity contribution in [2.45, 2.75) is 52.1 Å². The summed E-state index contributed by atoms with van der Waals surface area (Å²) in [6.45, 7) is 10.6. The Morgan fingerprint density at radius 1 is 1.47 bits per heavy atom. The average Bonchev–Trinajstić information content (AvgIpc) is 2.90. The number of nitrogens with one attached hydrogen (secondary N) is 1. The molecular formula is C16H28N2S. The minimum absolute atomic E-state index is 0.603. The van der Waals surface area contributed by atoms with Crippen LogP contribution in [-0.2, 0) is 0 Å². The van der Waals surface area contributed by atoms with Gasteiger partial charge in [-0.25, -0.2) is 0 Å². The Balaban J connectivity index is 2.01. The summed E-state index contributed by atoms with van der Waals surface area (Å²) >= 11 is 1.91. The Morgan fingerprint density at radius 2 is 2.32 bits per heavy atom. The molecular weight excluding hydrogens is 252 g/mol. The smallest absolute Gasteiger partial charge is 0.0465 e. The molecule has 2 rings (SSSR count). The van der Waals surface area contributed by atoms with Gasteiger partial charge in [0.05, 0.1) is 0 Å². The Hall–Kier alpha value is -0.380. The summed E-state index contributed by atoms with van der Waals surface area (Å²) in [5.74, 6) is 0.684. The molecule has 0 spiro atoms. The van der Waals surface area contributed by atoms with Crippen LogP contribution in [0.4, 0.5) is 0 Å². The van der Waals surface area contributed by atoms with Crippen LogP contribution in [0.5, 0.6) is 0 Å². The zero-order chi connectivity index (χ0) is 13.7. The van der Waals surface area contributed by atoms with Crippen LogP contribution < -0.4 is 5.32 Å². The largest absolute Gasteiger partial charge is 0.313 e. The van der Waals surface area contributed by atoms with Gasteiger partial charge < -0.3 is 5.32 Å². The van der Waals surface area contributed by atoms with Crippen molar-refractivity contribution in [1.82, 2.24) is 10.2 Å². The Morgan fingerprint density at radius 3 is 2.95 bits per heavy atom. The molecule has 2 unspecified atom stereocenters. The van der Waals surface area contributed by atoms with E-state index in [4.69, 9.17) is 0 Å². The summed E-state index contributed by atoms with van der Waals surface area (Å²) < 4.78 is 0. The molecule has 1 saturated heterocycles. The highest BCUT2D eigenvalue weighted by Gasteiger charge is 2.29. The summed E-state index contributed by atoms with van der Waals surface area (Å²) in [5.41, 5.74) is 0. The molecule has 0 saturated carbocycles. The molecule has 3 heteroatoms. The van der Waals surface area contributed by atoms with Crippen LogP contribution in [0.15, 0.2) is 17.5 Å². The van der Waals surface area contributed by atoms with Gasteiger partial charge in [-0.05, 0) is 49.7 Å². The van der Waals surface area contributed by atoms with Gasteiger partial charge in [0.15, 0.2) is 0 Å². The molecule has 1 aromatic heterocycles. The lowest BCUT2D eigenvalue weighted by Gasteiger charge is -2.40. The van der Waals surface area contributed by atoms with E-state index in [1.165, 1.54) is 37.2 Å². The molecule has 1 aliphatic heterocycles. The fraction of sp³-hybridized carbons (Fsp3) is 0.750. The molecule has 0 aromatic carbocycles. The molecule has 1 N–H and O–H groups in total. The van der Waals surface area contributed by atoms with Crippen LogP contribution in [0, 0.1) is 5.92 Å². The summed E-state index contributed by atoms with van der Waals surface area (Å²) in [6, 6.07) is 5.78. The molecule has 2 heterocycles. The summed E-state index contributed by atoms with van der Waals surface area (Å²) in [4.78, 5) is 4.24. The Kier molecular flexibility index (Phi) is 5.86. The quantitative estimate of drug-likeness (QED) is 0.850. The van der Waals surface area contributed by atoms with Crippen molar-refractivity contribution < 1.29 is 0 Å². The zero-order valence-electron chi connectivity index (χ0n) is 12.6. The maximum atomic E-state index is 3.70. The minimum atomic E-state index is 0.603. The van der Waals surface area contributed by atoms with Crippen LogP contribution in [0.1, 0.15) is 51.0 Å². The molecule has 19 heavy (non-hydrogen) atoms. The van der Waals surface area contributed by atoms with Gasteiger partial charge in [0.2, 0.25) is 0 Å². The minimum Gasteiger partial charge on any atom is -0.313 e. The third kappa shape index (κ3) is 4.04. The van der Waals surface area contributed by atoms with Crippen molar-refractivity contribution in [2.24, 2.45) is 5.92 Å². The van der Waals surface area contributed by atoms with Crippen LogP contribution in [-0.4, -0.2) is 30.6 Å². The van der Waals surface area contributed by atoms with Gasteiger partial charge in [0.25, 0.3) is 0 Å². The van der Waals surface area contributed by atoms with Gasteiger partial charge in [-0.2, -0.15) is 0 Å². The van der Waals surface area contributed by atoms with E-state index in [0.29, 0.717) is 18.0 Å². The van der Waals surface area contributed by atoms with Gasteiger partial charge >= 0.3 is 0 Å². The zero-order valence-corrected chi connectivity index (χ0v) is 13.4. The first-order valence-corrected chi connectivity index (χ1v) is 8.61. The lowest BCUT2D eigenvalue weighted by Crippen LogP contribution is -2.47. The number of hydrogen-bond acceptors (Lipinski definition) is 3. The van der Waals surface area contributed by atoms with Crippen LogP contribution >= 0.6 is 11.3 Å². The predicted octanol–water partition coefficient (Wildman–Crippen LogP) is 3.91. The predicted molar refractivity (Wildman–Crippen MR) is 84.8 cm³/mol. The molecule has 0 aliphatic carbocycles. The van der Waals surface area contributed by atoms with Gasteiger partial charge in [-0.15, -0.1) is 11.3 Å². The molecule has 1 aromatic rings. The maximum Gasteiger partial charge on any atom is 0.0465 e. The second-order valence-electron chi connectivity index (χ2n) is 5.99. The van der Waals surface area contributed by atoms with E-state index in [2.05, 4.69) is 48.5 Å². The maximum absolute atomic E-state index is 3.70. The number of thiophene rings is 1. The van der Waals surface area contributed by atoms with Crippen molar-refractivity contribution in [3.63, 3.8) is 0 Å². The van der Waals surface area contributed by atoms with Crippen molar-refractivity contribution in [3.05, 3.63) is 22.4 Å². The monoisotopic (exact) mass is 280 g/mol. The second kappa shape index (κ2) is 7.41. The molecule has 0 radical (unpaired) electrons. The van der Waals surface area contributed by atoms with Crippen molar-refractivity contribution >= 4 is 11.3 Å². The Labute approximate surface area is 122 Å². The first-order valence-electron chi connectivity index (χ1n) is 7.73. The fourth-order valence-corrected chi connectivity index (χ4v) is 4.20. The normalized spacial score (nSPS) is 22.8. The van der Waals surface area contributed by atoms with Crippen molar-refractivity contribution in [2.75, 3.05) is 19.6 Å². The number of piperidine rings is 1. The van der Waals surface area contributed by atoms with Crippen molar-refractivity contribution in [3.8, 4) is 0 Å². The number of hydrogen-bond donors (Lipinski definition) is 1. The summed E-state index contributed by atoms with van der Waals surface area (Å²) in [5, 5.41) is 5.91. The Bertz CT molecular complexity index is 348. The van der Waals surface area contributed by atoms with E-state index >= 15 is 0 Å². The molecule has 108 valence electrons. The van der Waals surface area contributed by atoms with Gasteiger partial charge in [0.1, 0.15) is 0 Å². The standard InChI is InChI=1S/C16H28N2S/c1-4-9-17-14-7-5-10-18(12-14)16(13(2)3)15-8-6-11-19-15/h6,8,11,13-14,16-17H,4-5,7,9-10,12H2,1-3H3. The molecule has 2 atom stereocenters. The molecule has 0 bridgehead atoms. The lowest BCUT2D eigenvalue weighted by molar-refractivity contribution is 0.110. The number of likely N-dealkylation sites (tertiary alicyclic amines) is 1. The van der Waals surface area contributed by atoms with E-state index in [1.807, 2.05) is 11.3 Å². The van der Waals surface area contributed by atoms with Gasteiger partial charge in [-0.1, -0.05) is 26.8 Å². The van der Waals surface area contributed by atoms with Crippen molar-refractivity contribution in [1.29, 1.82) is 0 Å². The van der Waals surface area contributed by atoms with Gasteiger partial charge in [0, 0.05) is 23.5 Å². The first-order chi connectivity index (χ1) is 9.22. The van der Waals surface area contributed by atoms with E-state index in [1.54, 1.807) is 0 Å². The summed E-state index contributed by atoms with van der Waals surface area (Å²) in [7, 11) is 0. The lowest BCUT2D eigenvalue weighted by atomic mass is 9.96. The SMILES string of the molecule is CCCNC1CCCN(C(c2cccs2)C(C)C)C1. The van der Waals surface area contributed by atoms with Crippen LogP contribution in [0.3, 0.4) is 0 Å². The van der Waals surface area contributed by atoms with E-state index in [-0.39, 0.29) is 0 Å². The number of rotatable bonds is 6. The third-order valence-electron chi connectivity index (χ3n) is 4.00. The molecule has 0 amide bonds. The third-order valence-corrected chi connectivity index (χ3v) is 4.94. The topological polar surface area (TPSA) is 15.3 Å². The van der Waals surface area contributed by atoms with Crippen LogP contribution in [0.2, 0.25) is 0 Å². The van der Waals surface area contributed by atoms with E-state index < -0.39 is 0 Å². The second-order valence-corrected chi connectivity index (χ2v) is 6.97. The summed E-state index contributed by atoms with van der Waals surface area (Å²) in [6.07, 6.45) is 3.90. The molecule has 2 nitrogen and oxygen atoms in total. The van der Waals surface area contributed by atoms with E-state index in [0.717, 1.165) is 6.54 Å². The first kappa shape index (κ1) is 15.0.